The minimum Gasteiger partial charge on any atom is -0.497 e. The van der Waals surface area contributed by atoms with Crippen LogP contribution in [0.15, 0.2) is 42.5 Å². The zero-order chi connectivity index (χ0) is 18.7. The summed E-state index contributed by atoms with van der Waals surface area (Å²) in [6.07, 6.45) is 0. The lowest BCUT2D eigenvalue weighted by Crippen LogP contribution is -2.48. The van der Waals surface area contributed by atoms with Crippen molar-refractivity contribution in [1.29, 1.82) is 0 Å². The summed E-state index contributed by atoms with van der Waals surface area (Å²) in [5.74, 6) is 0.631. The Balaban J connectivity index is 1.69. The van der Waals surface area contributed by atoms with Crippen molar-refractivity contribution in [2.75, 3.05) is 38.2 Å². The minimum absolute atomic E-state index is 0.0223. The van der Waals surface area contributed by atoms with Crippen LogP contribution in [-0.2, 0) is 0 Å². The van der Waals surface area contributed by atoms with Gasteiger partial charge in [-0.25, -0.2) is 0 Å². The van der Waals surface area contributed by atoms with Gasteiger partial charge in [-0.15, -0.1) is 0 Å². The van der Waals surface area contributed by atoms with Crippen LogP contribution in [0.3, 0.4) is 0 Å². The number of ether oxygens (including phenoxy) is 1. The largest absolute Gasteiger partial charge is 0.497 e. The predicted octanol–water partition coefficient (Wildman–Crippen LogP) is 2.87. The maximum Gasteiger partial charge on any atom is 0.273 e. The fourth-order valence-corrected chi connectivity index (χ4v) is 3.10. The predicted molar refractivity (Wildman–Crippen MR) is 98.9 cm³/mol. The van der Waals surface area contributed by atoms with E-state index in [-0.39, 0.29) is 11.6 Å². The van der Waals surface area contributed by atoms with Crippen LogP contribution in [0.25, 0.3) is 0 Å². The van der Waals surface area contributed by atoms with E-state index in [4.69, 9.17) is 4.74 Å². The van der Waals surface area contributed by atoms with Crippen LogP contribution in [0, 0.1) is 17.0 Å². The molecule has 26 heavy (non-hydrogen) atoms. The maximum atomic E-state index is 12.7. The third kappa shape index (κ3) is 3.61. The molecule has 0 atom stereocenters. The number of hydrogen-bond donors (Lipinski definition) is 0. The first kappa shape index (κ1) is 17.7. The topological polar surface area (TPSA) is 75.9 Å². The molecule has 0 radical (unpaired) electrons. The normalized spacial score (nSPS) is 14.2. The number of hydrogen-bond acceptors (Lipinski definition) is 5. The zero-order valence-corrected chi connectivity index (χ0v) is 14.8. The van der Waals surface area contributed by atoms with Crippen LogP contribution in [-0.4, -0.2) is 49.0 Å². The Morgan fingerprint density at radius 2 is 1.85 bits per heavy atom. The quantitative estimate of drug-likeness (QED) is 0.623. The molecule has 0 bridgehead atoms. The molecule has 136 valence electrons. The van der Waals surface area contributed by atoms with E-state index in [1.165, 1.54) is 6.07 Å². The Bertz CT molecular complexity index is 829. The van der Waals surface area contributed by atoms with Gasteiger partial charge in [0.25, 0.3) is 11.6 Å². The van der Waals surface area contributed by atoms with Crippen molar-refractivity contribution in [3.63, 3.8) is 0 Å². The fourth-order valence-electron chi connectivity index (χ4n) is 3.10. The van der Waals surface area contributed by atoms with Crippen LogP contribution in [0.1, 0.15) is 15.9 Å². The van der Waals surface area contributed by atoms with Gasteiger partial charge in [0.05, 0.1) is 12.0 Å². The van der Waals surface area contributed by atoms with E-state index < -0.39 is 4.92 Å². The molecule has 0 saturated carbocycles. The van der Waals surface area contributed by atoms with Gasteiger partial charge in [-0.1, -0.05) is 12.1 Å². The molecule has 0 spiro atoms. The number of carbonyl (C=O) groups is 1. The Morgan fingerprint density at radius 3 is 2.50 bits per heavy atom. The number of nitro benzene ring substituents is 1. The monoisotopic (exact) mass is 355 g/mol. The summed E-state index contributed by atoms with van der Waals surface area (Å²) in [5, 5.41) is 11.1. The van der Waals surface area contributed by atoms with Crippen LogP contribution in [0.2, 0.25) is 0 Å². The highest BCUT2D eigenvalue weighted by molar-refractivity contribution is 5.95. The van der Waals surface area contributed by atoms with Gasteiger partial charge in [-0.05, 0) is 25.1 Å². The van der Waals surface area contributed by atoms with Gasteiger partial charge in [0.1, 0.15) is 5.75 Å². The molecule has 1 heterocycles. The number of methoxy groups -OCH3 is 1. The van der Waals surface area contributed by atoms with Gasteiger partial charge in [0.2, 0.25) is 0 Å². The Labute approximate surface area is 151 Å². The Hall–Kier alpha value is -3.09. The summed E-state index contributed by atoms with van der Waals surface area (Å²) in [7, 11) is 1.64. The fraction of sp³-hybridized carbons (Fsp3) is 0.316. The summed E-state index contributed by atoms with van der Waals surface area (Å²) in [5.41, 5.74) is 1.94. The molecular formula is C19H21N3O4. The van der Waals surface area contributed by atoms with Gasteiger partial charge in [0, 0.05) is 55.1 Å². The number of anilines is 1. The molecule has 1 fully saturated rings. The highest BCUT2D eigenvalue weighted by Gasteiger charge is 2.24. The summed E-state index contributed by atoms with van der Waals surface area (Å²) in [4.78, 5) is 27.3. The summed E-state index contributed by atoms with van der Waals surface area (Å²) in [6, 6.07) is 12.5. The summed E-state index contributed by atoms with van der Waals surface area (Å²) in [6.45, 7) is 4.20. The molecular weight excluding hydrogens is 334 g/mol. The molecule has 7 nitrogen and oxygen atoms in total. The molecule has 1 aliphatic heterocycles. The van der Waals surface area contributed by atoms with E-state index in [9.17, 15) is 14.9 Å². The van der Waals surface area contributed by atoms with Gasteiger partial charge in [0.15, 0.2) is 0 Å². The third-order valence-corrected chi connectivity index (χ3v) is 4.64. The number of carbonyl (C=O) groups excluding carboxylic acids is 1. The second-order valence-electron chi connectivity index (χ2n) is 6.24. The Kier molecular flexibility index (Phi) is 5.06. The lowest BCUT2D eigenvalue weighted by atomic mass is 10.1. The SMILES string of the molecule is COc1cccc(N2CCN(C(=O)c3ccc(C)c([N+](=O)[O-])c3)CC2)c1. The first-order valence-electron chi connectivity index (χ1n) is 8.43. The molecule has 3 rings (SSSR count). The van der Waals surface area contributed by atoms with Gasteiger partial charge in [-0.2, -0.15) is 0 Å². The molecule has 0 aromatic heterocycles. The standard InChI is InChI=1S/C19H21N3O4/c1-14-6-7-15(12-18(14)22(24)25)19(23)21-10-8-20(9-11-21)16-4-3-5-17(13-16)26-2/h3-7,12-13H,8-11H2,1-2H3. The number of rotatable bonds is 4. The van der Waals surface area contributed by atoms with Crippen molar-refractivity contribution in [3.05, 3.63) is 63.7 Å². The van der Waals surface area contributed by atoms with Crippen LogP contribution in [0.5, 0.6) is 5.75 Å². The molecule has 1 saturated heterocycles. The van der Waals surface area contributed by atoms with E-state index in [2.05, 4.69) is 4.90 Å². The van der Waals surface area contributed by atoms with Crippen molar-refractivity contribution in [2.24, 2.45) is 0 Å². The van der Waals surface area contributed by atoms with Crippen molar-refractivity contribution in [3.8, 4) is 5.75 Å². The van der Waals surface area contributed by atoms with E-state index in [1.54, 1.807) is 31.1 Å². The van der Waals surface area contributed by atoms with Crippen molar-refractivity contribution >= 4 is 17.3 Å². The molecule has 1 amide bonds. The smallest absolute Gasteiger partial charge is 0.273 e. The first-order valence-corrected chi connectivity index (χ1v) is 8.43. The molecule has 0 N–H and O–H groups in total. The first-order chi connectivity index (χ1) is 12.5. The van der Waals surface area contributed by atoms with Gasteiger partial charge >= 0.3 is 0 Å². The average Bonchev–Trinajstić information content (AvgIpc) is 2.67. The molecule has 0 aliphatic carbocycles. The van der Waals surface area contributed by atoms with Crippen molar-refractivity contribution in [1.82, 2.24) is 4.90 Å². The van der Waals surface area contributed by atoms with Gasteiger partial charge in [-0.3, -0.25) is 14.9 Å². The number of nitro groups is 1. The van der Waals surface area contributed by atoms with E-state index >= 15 is 0 Å². The number of nitrogens with zero attached hydrogens (tertiary/aromatic N) is 3. The van der Waals surface area contributed by atoms with E-state index in [0.29, 0.717) is 37.3 Å². The highest BCUT2D eigenvalue weighted by Crippen LogP contribution is 2.24. The lowest BCUT2D eigenvalue weighted by Gasteiger charge is -2.36. The number of piperazine rings is 1. The van der Waals surface area contributed by atoms with Crippen LogP contribution in [0.4, 0.5) is 11.4 Å². The maximum absolute atomic E-state index is 12.7. The molecule has 2 aromatic carbocycles. The molecule has 1 aliphatic rings. The van der Waals surface area contributed by atoms with Gasteiger partial charge < -0.3 is 14.5 Å². The average molecular weight is 355 g/mol. The third-order valence-electron chi connectivity index (χ3n) is 4.64. The lowest BCUT2D eigenvalue weighted by molar-refractivity contribution is -0.385. The molecule has 7 heteroatoms. The van der Waals surface area contributed by atoms with E-state index in [1.807, 2.05) is 24.3 Å². The number of amides is 1. The van der Waals surface area contributed by atoms with Crippen molar-refractivity contribution in [2.45, 2.75) is 6.92 Å². The van der Waals surface area contributed by atoms with Crippen molar-refractivity contribution < 1.29 is 14.5 Å². The number of aryl methyl sites for hydroxylation is 1. The highest BCUT2D eigenvalue weighted by atomic mass is 16.6. The molecule has 0 unspecified atom stereocenters. The van der Waals surface area contributed by atoms with E-state index in [0.717, 1.165) is 11.4 Å². The number of benzene rings is 2. The van der Waals surface area contributed by atoms with Crippen LogP contribution < -0.4 is 9.64 Å². The zero-order valence-electron chi connectivity index (χ0n) is 14.8. The Morgan fingerprint density at radius 1 is 1.12 bits per heavy atom. The minimum atomic E-state index is -0.452. The van der Waals surface area contributed by atoms with Crippen LogP contribution >= 0.6 is 0 Å². The molecule has 2 aromatic rings. The second-order valence-corrected chi connectivity index (χ2v) is 6.24. The summed E-state index contributed by atoms with van der Waals surface area (Å²) >= 11 is 0. The summed E-state index contributed by atoms with van der Waals surface area (Å²) < 4.78 is 5.26. The second kappa shape index (κ2) is 7.43.